The predicted octanol–water partition coefficient (Wildman–Crippen LogP) is 2.47. The largest absolute Gasteiger partial charge is 0.291 e. The monoisotopic (exact) mass is 144 g/mol. The zero-order chi connectivity index (χ0) is 8.15. The third kappa shape index (κ3) is 2.29. The molecule has 0 bridgehead atoms. The van der Waals surface area contributed by atoms with Crippen LogP contribution in [0.1, 0.15) is 26.7 Å². The summed E-state index contributed by atoms with van der Waals surface area (Å²) >= 11 is 0. The van der Waals surface area contributed by atoms with Gasteiger partial charge in [0.1, 0.15) is 0 Å². The summed E-state index contributed by atoms with van der Waals surface area (Å²) in [6.45, 7) is 6.70. The molecule has 2 heteroatoms. The van der Waals surface area contributed by atoms with Crippen molar-refractivity contribution >= 4 is 5.78 Å². The van der Waals surface area contributed by atoms with E-state index in [1.165, 1.54) is 0 Å². The zero-order valence-corrected chi connectivity index (χ0v) is 6.48. The second kappa shape index (κ2) is 4.20. The van der Waals surface area contributed by atoms with E-state index >= 15 is 0 Å². The van der Waals surface area contributed by atoms with Crippen molar-refractivity contribution in [1.82, 2.24) is 0 Å². The molecule has 0 radical (unpaired) electrons. The predicted molar refractivity (Wildman–Crippen MR) is 39.3 cm³/mol. The highest BCUT2D eigenvalue weighted by Crippen LogP contribution is 2.13. The van der Waals surface area contributed by atoms with Crippen LogP contribution >= 0.6 is 0 Å². The van der Waals surface area contributed by atoms with Crippen molar-refractivity contribution in [3.05, 3.63) is 12.4 Å². The van der Waals surface area contributed by atoms with Crippen LogP contribution in [0.2, 0.25) is 0 Å². The maximum atomic E-state index is 12.2. The molecule has 0 aromatic heterocycles. The molecule has 0 saturated heterocycles. The molecule has 0 aliphatic heterocycles. The molecule has 58 valence electrons. The molecule has 0 aliphatic carbocycles. The third-order valence-corrected chi connectivity index (χ3v) is 1.62. The second-order valence-electron chi connectivity index (χ2n) is 2.28. The average molecular weight is 144 g/mol. The molecule has 0 aromatic carbocycles. The third-order valence-electron chi connectivity index (χ3n) is 1.62. The van der Waals surface area contributed by atoms with Crippen molar-refractivity contribution in [3.63, 3.8) is 0 Å². The number of rotatable bonds is 4. The lowest BCUT2D eigenvalue weighted by molar-refractivity contribution is -0.120. The molecule has 0 aliphatic rings. The van der Waals surface area contributed by atoms with E-state index in [1.807, 2.05) is 13.8 Å². The molecule has 0 atom stereocenters. The van der Waals surface area contributed by atoms with Gasteiger partial charge in [-0.1, -0.05) is 20.4 Å². The van der Waals surface area contributed by atoms with Crippen LogP contribution in [0.3, 0.4) is 0 Å². The average Bonchev–Trinajstić information content (AvgIpc) is 1.90. The minimum atomic E-state index is -0.811. The lowest BCUT2D eigenvalue weighted by Crippen LogP contribution is -2.12. The Balaban J connectivity index is 4.02. The smallest absolute Gasteiger partial charge is 0.193 e. The van der Waals surface area contributed by atoms with Crippen LogP contribution in [0, 0.1) is 5.92 Å². The summed E-state index contributed by atoms with van der Waals surface area (Å²) in [5.41, 5.74) is 0. The van der Waals surface area contributed by atoms with Gasteiger partial charge in [-0.15, -0.1) is 0 Å². The number of hydrogen-bond donors (Lipinski definition) is 0. The van der Waals surface area contributed by atoms with Crippen LogP contribution in [0.4, 0.5) is 4.39 Å². The Kier molecular flexibility index (Phi) is 3.93. The Labute approximate surface area is 60.9 Å². The van der Waals surface area contributed by atoms with E-state index in [2.05, 4.69) is 6.58 Å². The summed E-state index contributed by atoms with van der Waals surface area (Å²) in [5.74, 6) is -1.42. The van der Waals surface area contributed by atoms with E-state index in [4.69, 9.17) is 0 Å². The van der Waals surface area contributed by atoms with E-state index in [9.17, 15) is 9.18 Å². The highest BCUT2D eigenvalue weighted by molar-refractivity contribution is 5.94. The normalized spacial score (nSPS) is 10.0. The fraction of sp³-hybridized carbons (Fsp3) is 0.625. The standard InChI is InChI=1S/C8H13FO/c1-4-7(5-2)8(10)6(3)9/h7H,3-5H2,1-2H3. The van der Waals surface area contributed by atoms with Crippen LogP contribution in [0.5, 0.6) is 0 Å². The van der Waals surface area contributed by atoms with Crippen molar-refractivity contribution in [3.8, 4) is 0 Å². The molecule has 0 aromatic rings. The van der Waals surface area contributed by atoms with E-state index < -0.39 is 11.6 Å². The van der Waals surface area contributed by atoms with Crippen LogP contribution in [0.15, 0.2) is 12.4 Å². The van der Waals surface area contributed by atoms with Gasteiger partial charge in [-0.2, -0.15) is 0 Å². The second-order valence-corrected chi connectivity index (χ2v) is 2.28. The van der Waals surface area contributed by atoms with Crippen LogP contribution < -0.4 is 0 Å². The summed E-state index contributed by atoms with van der Waals surface area (Å²) in [7, 11) is 0. The molecule has 0 unspecified atom stereocenters. The summed E-state index contributed by atoms with van der Waals surface area (Å²) in [5, 5.41) is 0. The number of Topliss-reactive ketones (excluding diaryl/α,β-unsaturated/α-hetero) is 1. The molecular formula is C8H13FO. The zero-order valence-electron chi connectivity index (χ0n) is 6.48. The van der Waals surface area contributed by atoms with Crippen molar-refractivity contribution in [2.75, 3.05) is 0 Å². The number of halogens is 1. The maximum absolute atomic E-state index is 12.2. The molecule has 0 heterocycles. The number of allylic oxidation sites excluding steroid dienone is 1. The van der Waals surface area contributed by atoms with Crippen LogP contribution in [0.25, 0.3) is 0 Å². The first-order valence-corrected chi connectivity index (χ1v) is 3.52. The lowest BCUT2D eigenvalue weighted by Gasteiger charge is -2.07. The number of hydrogen-bond acceptors (Lipinski definition) is 1. The summed E-state index contributed by atoms with van der Waals surface area (Å²) in [4.78, 5) is 10.8. The van der Waals surface area contributed by atoms with Crippen molar-refractivity contribution in [2.24, 2.45) is 5.92 Å². The van der Waals surface area contributed by atoms with E-state index in [1.54, 1.807) is 0 Å². The Morgan fingerprint density at radius 1 is 1.50 bits per heavy atom. The highest BCUT2D eigenvalue weighted by Gasteiger charge is 2.16. The topological polar surface area (TPSA) is 17.1 Å². The summed E-state index contributed by atoms with van der Waals surface area (Å²) in [6.07, 6.45) is 1.39. The first-order valence-electron chi connectivity index (χ1n) is 3.52. The highest BCUT2D eigenvalue weighted by atomic mass is 19.1. The van der Waals surface area contributed by atoms with Gasteiger partial charge in [0.05, 0.1) is 0 Å². The first kappa shape index (κ1) is 9.34. The first-order chi connectivity index (χ1) is 4.63. The van der Waals surface area contributed by atoms with Gasteiger partial charge >= 0.3 is 0 Å². The quantitative estimate of drug-likeness (QED) is 0.554. The van der Waals surface area contributed by atoms with Crippen molar-refractivity contribution in [1.29, 1.82) is 0 Å². The Morgan fingerprint density at radius 3 is 2.00 bits per heavy atom. The van der Waals surface area contributed by atoms with Crippen molar-refractivity contribution in [2.45, 2.75) is 26.7 Å². The van der Waals surface area contributed by atoms with Crippen LogP contribution in [-0.4, -0.2) is 5.78 Å². The van der Waals surface area contributed by atoms with Gasteiger partial charge in [0, 0.05) is 5.92 Å². The fourth-order valence-corrected chi connectivity index (χ4v) is 0.881. The molecule has 0 amide bonds. The molecule has 0 fully saturated rings. The molecule has 0 rings (SSSR count). The van der Waals surface area contributed by atoms with Gasteiger partial charge in [-0.25, -0.2) is 4.39 Å². The molecule has 1 nitrogen and oxygen atoms in total. The minimum Gasteiger partial charge on any atom is -0.291 e. The van der Waals surface area contributed by atoms with Gasteiger partial charge in [-0.05, 0) is 12.8 Å². The van der Waals surface area contributed by atoms with Crippen LogP contribution in [-0.2, 0) is 4.79 Å². The Bertz CT molecular complexity index is 136. The van der Waals surface area contributed by atoms with Gasteiger partial charge in [0.15, 0.2) is 11.6 Å². The number of carbonyl (C=O) groups excluding carboxylic acids is 1. The molecule has 0 saturated carbocycles. The van der Waals surface area contributed by atoms with Gasteiger partial charge in [0.2, 0.25) is 0 Å². The van der Waals surface area contributed by atoms with Gasteiger partial charge in [0.25, 0.3) is 0 Å². The molecule has 0 N–H and O–H groups in total. The van der Waals surface area contributed by atoms with E-state index in [0.717, 1.165) is 0 Å². The fourth-order valence-electron chi connectivity index (χ4n) is 0.881. The minimum absolute atomic E-state index is 0.169. The molecule has 10 heavy (non-hydrogen) atoms. The number of ketones is 1. The lowest BCUT2D eigenvalue weighted by atomic mass is 9.98. The van der Waals surface area contributed by atoms with E-state index in [0.29, 0.717) is 12.8 Å². The summed E-state index contributed by atoms with van der Waals surface area (Å²) < 4.78 is 12.2. The van der Waals surface area contributed by atoms with E-state index in [-0.39, 0.29) is 5.92 Å². The summed E-state index contributed by atoms with van der Waals surface area (Å²) in [6, 6.07) is 0. The Hall–Kier alpha value is -0.660. The molecule has 0 spiro atoms. The molecular weight excluding hydrogens is 131 g/mol. The maximum Gasteiger partial charge on any atom is 0.193 e. The Morgan fingerprint density at radius 2 is 1.90 bits per heavy atom. The number of carbonyl (C=O) groups is 1. The van der Waals surface area contributed by atoms with Crippen molar-refractivity contribution < 1.29 is 9.18 Å². The van der Waals surface area contributed by atoms with Gasteiger partial charge < -0.3 is 0 Å². The van der Waals surface area contributed by atoms with Gasteiger partial charge in [-0.3, -0.25) is 4.79 Å². The SMILES string of the molecule is C=C(F)C(=O)C(CC)CC.